The molecule has 0 aromatic heterocycles. The summed E-state index contributed by atoms with van der Waals surface area (Å²) in [5.74, 6) is 0.224. The molecule has 1 rings (SSSR count). The zero-order chi connectivity index (χ0) is 16.9. The second-order valence-electron chi connectivity index (χ2n) is 4.01. The molecule has 0 N–H and O–H groups in total. The summed E-state index contributed by atoms with van der Waals surface area (Å²) in [6.45, 7) is 0.314. The van der Waals surface area contributed by atoms with Gasteiger partial charge in [-0.1, -0.05) is 0 Å². The maximum atomic E-state index is 11.6. The highest BCUT2D eigenvalue weighted by Gasteiger charge is 2.30. The molecule has 8 nitrogen and oxygen atoms in total. The molecule has 0 heterocycles. The maximum absolute atomic E-state index is 11.6. The highest BCUT2D eigenvalue weighted by atomic mass is 35.5. The first-order valence-corrected chi connectivity index (χ1v) is 7.31. The lowest BCUT2D eigenvalue weighted by Gasteiger charge is -2.24. The van der Waals surface area contributed by atoms with Crippen LogP contribution in [0.1, 0.15) is 10.4 Å². The van der Waals surface area contributed by atoms with Gasteiger partial charge in [-0.2, -0.15) is 0 Å². The van der Waals surface area contributed by atoms with Gasteiger partial charge in [-0.05, 0) is 11.6 Å². The van der Waals surface area contributed by atoms with Gasteiger partial charge in [0.25, 0.3) is 16.6 Å². The van der Waals surface area contributed by atoms with Crippen molar-refractivity contribution >= 4 is 57.1 Å². The van der Waals surface area contributed by atoms with Crippen molar-refractivity contribution < 1.29 is 14.6 Å². The third-order valence-corrected chi connectivity index (χ3v) is 3.26. The number of rotatable bonds is 8. The summed E-state index contributed by atoms with van der Waals surface area (Å²) in [6, 6.07) is 1.67. The number of carbonyl (C=O) groups is 1. The quantitative estimate of drug-likeness (QED) is 0.301. The van der Waals surface area contributed by atoms with E-state index in [1.54, 1.807) is 0 Å². The number of carbonyl (C=O) groups excluding carboxylic acids is 1. The van der Waals surface area contributed by atoms with E-state index in [0.29, 0.717) is 0 Å². The second kappa shape index (κ2) is 8.11. The number of nitro groups is 2. The van der Waals surface area contributed by atoms with Crippen molar-refractivity contribution in [3.63, 3.8) is 0 Å². The van der Waals surface area contributed by atoms with Gasteiger partial charge in [-0.3, -0.25) is 25.0 Å². The lowest BCUT2D eigenvalue weighted by molar-refractivity contribution is -0.393. The van der Waals surface area contributed by atoms with Crippen LogP contribution in [0, 0.1) is 20.2 Å². The average Bonchev–Trinajstić information content (AvgIpc) is 2.45. The van der Waals surface area contributed by atoms with Crippen molar-refractivity contribution in [2.75, 3.05) is 29.7 Å². The predicted octanol–water partition coefficient (Wildman–Crippen LogP) is 3.17. The molecule has 11 heteroatoms. The van der Waals surface area contributed by atoms with Crippen LogP contribution >= 0.6 is 34.8 Å². The van der Waals surface area contributed by atoms with E-state index in [1.165, 1.54) is 4.90 Å². The molecule has 0 atom stereocenters. The SMILES string of the molecule is O=C(Cl)c1cc([N+](=O)[O-])cc([N+](=O)[O-])c1N(CCCl)CCCl. The number of hydrogen-bond acceptors (Lipinski definition) is 6. The monoisotopic (exact) mass is 369 g/mol. The van der Waals surface area contributed by atoms with Gasteiger partial charge in [-0.15, -0.1) is 23.2 Å². The van der Waals surface area contributed by atoms with Crippen LogP contribution in [0.15, 0.2) is 12.1 Å². The van der Waals surface area contributed by atoms with Gasteiger partial charge < -0.3 is 4.90 Å². The molecule has 0 radical (unpaired) electrons. The molecule has 0 bridgehead atoms. The van der Waals surface area contributed by atoms with E-state index in [0.717, 1.165) is 12.1 Å². The van der Waals surface area contributed by atoms with Crippen LogP contribution < -0.4 is 4.90 Å². The summed E-state index contributed by atoms with van der Waals surface area (Å²) >= 11 is 16.7. The Bertz CT molecular complexity index is 570. The Kier molecular flexibility index (Phi) is 6.79. The van der Waals surface area contributed by atoms with Crippen LogP contribution in [0.3, 0.4) is 0 Å². The molecule has 0 aliphatic rings. The van der Waals surface area contributed by atoms with Gasteiger partial charge in [0.15, 0.2) is 0 Å². The van der Waals surface area contributed by atoms with Crippen molar-refractivity contribution in [2.24, 2.45) is 0 Å². The summed E-state index contributed by atoms with van der Waals surface area (Å²) in [5.41, 5.74) is -1.67. The van der Waals surface area contributed by atoms with E-state index >= 15 is 0 Å². The Morgan fingerprint density at radius 1 is 1.09 bits per heavy atom. The minimum absolute atomic E-state index is 0.112. The van der Waals surface area contributed by atoms with Crippen molar-refractivity contribution in [2.45, 2.75) is 0 Å². The van der Waals surface area contributed by atoms with Crippen LogP contribution in [-0.4, -0.2) is 39.9 Å². The Hall–Kier alpha value is -1.64. The number of non-ortho nitro benzene ring substituents is 1. The molecule has 0 aliphatic carbocycles. The molecule has 22 heavy (non-hydrogen) atoms. The Labute approximate surface area is 139 Å². The van der Waals surface area contributed by atoms with Crippen molar-refractivity contribution in [3.05, 3.63) is 37.9 Å². The first kappa shape index (κ1) is 18.4. The van der Waals surface area contributed by atoms with Crippen LogP contribution in [0.2, 0.25) is 0 Å². The van der Waals surface area contributed by atoms with Crippen LogP contribution in [0.25, 0.3) is 0 Å². The minimum atomic E-state index is -1.05. The zero-order valence-corrected chi connectivity index (χ0v) is 13.3. The highest BCUT2D eigenvalue weighted by molar-refractivity contribution is 6.68. The number of benzene rings is 1. The maximum Gasteiger partial charge on any atom is 0.300 e. The molecule has 0 amide bonds. The molecule has 0 spiro atoms. The van der Waals surface area contributed by atoms with Crippen LogP contribution in [0.4, 0.5) is 17.1 Å². The number of alkyl halides is 2. The summed E-state index contributed by atoms with van der Waals surface area (Å²) < 4.78 is 0. The van der Waals surface area contributed by atoms with Crippen LogP contribution in [-0.2, 0) is 0 Å². The summed E-state index contributed by atoms with van der Waals surface area (Å²) in [6.07, 6.45) is 0. The highest BCUT2D eigenvalue weighted by Crippen LogP contribution is 2.37. The van der Waals surface area contributed by atoms with Crippen LogP contribution in [0.5, 0.6) is 0 Å². The average molecular weight is 371 g/mol. The van der Waals surface area contributed by atoms with Crippen molar-refractivity contribution in [1.29, 1.82) is 0 Å². The summed E-state index contributed by atoms with van der Waals surface area (Å²) in [4.78, 5) is 33.4. The fourth-order valence-electron chi connectivity index (χ4n) is 1.87. The number of halogens is 3. The largest absolute Gasteiger partial charge is 0.363 e. The second-order valence-corrected chi connectivity index (χ2v) is 5.11. The third kappa shape index (κ3) is 4.19. The molecule has 120 valence electrons. The number of anilines is 1. The van der Waals surface area contributed by atoms with Gasteiger partial charge in [0.05, 0.1) is 21.5 Å². The van der Waals surface area contributed by atoms with E-state index in [-0.39, 0.29) is 36.1 Å². The molecule has 0 aliphatic heterocycles. The fourth-order valence-corrected chi connectivity index (χ4v) is 2.42. The first-order chi connectivity index (χ1) is 10.3. The molecular weight excluding hydrogens is 360 g/mol. The first-order valence-electron chi connectivity index (χ1n) is 5.87. The Morgan fingerprint density at radius 3 is 2.00 bits per heavy atom. The molecule has 0 unspecified atom stereocenters. The molecular formula is C11H10Cl3N3O5. The van der Waals surface area contributed by atoms with Gasteiger partial charge in [0.2, 0.25) is 0 Å². The summed E-state index contributed by atoms with van der Waals surface area (Å²) in [7, 11) is 0. The Morgan fingerprint density at radius 2 is 1.64 bits per heavy atom. The number of nitro benzene ring substituents is 2. The topological polar surface area (TPSA) is 107 Å². The molecule has 0 fully saturated rings. The van der Waals surface area contributed by atoms with E-state index in [4.69, 9.17) is 34.8 Å². The normalized spacial score (nSPS) is 10.3. The molecule has 0 saturated carbocycles. The number of nitrogens with zero attached hydrogens (tertiary/aromatic N) is 3. The molecule has 0 saturated heterocycles. The van der Waals surface area contributed by atoms with Gasteiger partial charge in [-0.25, -0.2) is 0 Å². The molecule has 1 aromatic rings. The van der Waals surface area contributed by atoms with Crippen molar-refractivity contribution in [1.82, 2.24) is 0 Å². The van der Waals surface area contributed by atoms with E-state index in [1.807, 2.05) is 0 Å². The van der Waals surface area contributed by atoms with E-state index in [9.17, 15) is 25.0 Å². The zero-order valence-electron chi connectivity index (χ0n) is 11.0. The minimum Gasteiger partial charge on any atom is -0.363 e. The number of hydrogen-bond donors (Lipinski definition) is 0. The molecule has 1 aromatic carbocycles. The lowest BCUT2D eigenvalue weighted by Crippen LogP contribution is -2.29. The summed E-state index contributed by atoms with van der Waals surface area (Å²) in [5, 5.41) is 21.0. The van der Waals surface area contributed by atoms with E-state index in [2.05, 4.69) is 0 Å². The predicted molar refractivity (Wildman–Crippen MR) is 83.6 cm³/mol. The van der Waals surface area contributed by atoms with Gasteiger partial charge >= 0.3 is 0 Å². The van der Waals surface area contributed by atoms with Crippen molar-refractivity contribution in [3.8, 4) is 0 Å². The Balaban J connectivity index is 3.66. The standard InChI is InChI=1S/C11H10Cl3N3O5/c12-1-3-15(4-2-13)10-8(11(14)18)5-7(16(19)20)6-9(10)17(21)22/h5-6H,1-4H2. The smallest absolute Gasteiger partial charge is 0.300 e. The van der Waals surface area contributed by atoms with E-state index < -0.39 is 26.5 Å². The lowest BCUT2D eigenvalue weighted by atomic mass is 10.1. The third-order valence-electron chi connectivity index (χ3n) is 2.72. The van der Waals surface area contributed by atoms with Gasteiger partial charge in [0, 0.05) is 30.9 Å². The van der Waals surface area contributed by atoms with Gasteiger partial charge in [0.1, 0.15) is 5.69 Å². The fraction of sp³-hybridized carbons (Fsp3) is 0.364.